The zero-order valence-corrected chi connectivity index (χ0v) is 17.2. The van der Waals surface area contributed by atoms with E-state index in [4.69, 9.17) is 4.74 Å². The number of hydrogen-bond donors (Lipinski definition) is 2. The van der Waals surface area contributed by atoms with Gasteiger partial charge < -0.3 is 15.4 Å². The van der Waals surface area contributed by atoms with Crippen molar-refractivity contribution in [3.05, 3.63) is 65.2 Å². The molecule has 1 saturated carbocycles. The van der Waals surface area contributed by atoms with Crippen molar-refractivity contribution in [2.24, 2.45) is 4.99 Å². The molecule has 0 amide bonds. The Labute approximate surface area is 174 Å². The first-order chi connectivity index (χ1) is 12.7. The first kappa shape index (κ1) is 19.9. The van der Waals surface area contributed by atoms with E-state index >= 15 is 0 Å². The summed E-state index contributed by atoms with van der Waals surface area (Å²) in [5.74, 6) is 0.373. The number of fused-ring (bicyclic) bond motifs is 1. The van der Waals surface area contributed by atoms with Crippen molar-refractivity contribution in [3.8, 4) is 5.75 Å². The van der Waals surface area contributed by atoms with Gasteiger partial charge in [-0.1, -0.05) is 24.3 Å². The maximum atomic E-state index is 13.9. The number of rotatable bonds is 3. The van der Waals surface area contributed by atoms with Crippen LogP contribution in [0.2, 0.25) is 0 Å². The summed E-state index contributed by atoms with van der Waals surface area (Å²) in [7, 11) is 1.70. The number of nitrogens with zero attached hydrogens (tertiary/aromatic N) is 1. The monoisotopic (exact) mass is 485 g/mol. The van der Waals surface area contributed by atoms with Crippen LogP contribution in [0.4, 0.5) is 8.78 Å². The number of hydrogen-bond acceptors (Lipinski definition) is 2. The van der Waals surface area contributed by atoms with E-state index in [1.807, 2.05) is 24.3 Å². The van der Waals surface area contributed by atoms with Crippen molar-refractivity contribution in [2.75, 3.05) is 13.7 Å². The fourth-order valence-electron chi connectivity index (χ4n) is 3.54. The third kappa shape index (κ3) is 4.17. The lowest BCUT2D eigenvalue weighted by Gasteiger charge is -2.28. The Kier molecular flexibility index (Phi) is 6.18. The predicted octanol–water partition coefficient (Wildman–Crippen LogP) is 4.13. The molecule has 2 N–H and O–H groups in total. The van der Waals surface area contributed by atoms with Crippen LogP contribution in [0.15, 0.2) is 47.5 Å². The lowest BCUT2D eigenvalue weighted by atomic mass is 10.0. The van der Waals surface area contributed by atoms with E-state index in [-0.39, 0.29) is 47.5 Å². The van der Waals surface area contributed by atoms with Gasteiger partial charge in [0.2, 0.25) is 0 Å². The Bertz CT molecular complexity index is 825. The Morgan fingerprint density at radius 1 is 1.07 bits per heavy atom. The molecule has 2 aliphatic rings. The van der Waals surface area contributed by atoms with Gasteiger partial charge in [-0.25, -0.2) is 8.78 Å². The maximum Gasteiger partial charge on any atom is 0.191 e. The highest BCUT2D eigenvalue weighted by Crippen LogP contribution is 2.43. The molecular weight excluding hydrogens is 463 g/mol. The zero-order valence-electron chi connectivity index (χ0n) is 14.9. The van der Waals surface area contributed by atoms with E-state index in [0.29, 0.717) is 19.0 Å². The minimum Gasteiger partial charge on any atom is -0.493 e. The molecule has 1 heterocycles. The molecule has 0 spiro atoms. The zero-order chi connectivity index (χ0) is 18.1. The van der Waals surface area contributed by atoms with Gasteiger partial charge >= 0.3 is 0 Å². The Morgan fingerprint density at radius 2 is 1.81 bits per heavy atom. The van der Waals surface area contributed by atoms with E-state index in [0.717, 1.165) is 17.7 Å². The molecule has 1 fully saturated rings. The predicted molar refractivity (Wildman–Crippen MR) is 112 cm³/mol. The normalized spacial score (nSPS) is 23.5. The molecular formula is C20H22F2IN3O. The molecule has 1 aliphatic carbocycles. The Balaban J connectivity index is 0.00000210. The van der Waals surface area contributed by atoms with Crippen LogP contribution in [0.5, 0.6) is 5.75 Å². The van der Waals surface area contributed by atoms with E-state index < -0.39 is 11.6 Å². The molecule has 1 aliphatic heterocycles. The van der Waals surface area contributed by atoms with Crippen molar-refractivity contribution in [1.82, 2.24) is 10.6 Å². The Hall–Kier alpha value is -1.90. The number of nitrogens with one attached hydrogen (secondary N) is 2. The summed E-state index contributed by atoms with van der Waals surface area (Å²) in [6.45, 7) is 0.637. The van der Waals surface area contributed by atoms with Gasteiger partial charge in [0, 0.05) is 36.6 Å². The molecule has 7 heteroatoms. The highest BCUT2D eigenvalue weighted by Gasteiger charge is 2.42. The van der Waals surface area contributed by atoms with Gasteiger partial charge in [-0.3, -0.25) is 4.99 Å². The molecule has 27 heavy (non-hydrogen) atoms. The molecule has 0 radical (unpaired) electrons. The highest BCUT2D eigenvalue weighted by molar-refractivity contribution is 14.0. The van der Waals surface area contributed by atoms with Crippen LogP contribution in [0.25, 0.3) is 0 Å². The van der Waals surface area contributed by atoms with Gasteiger partial charge in [-0.05, 0) is 24.6 Å². The van der Waals surface area contributed by atoms with Crippen LogP contribution in [0.3, 0.4) is 0 Å². The van der Waals surface area contributed by atoms with Crippen molar-refractivity contribution < 1.29 is 13.5 Å². The molecule has 4 rings (SSSR count). The second-order valence-electron chi connectivity index (χ2n) is 6.67. The topological polar surface area (TPSA) is 45.7 Å². The third-order valence-electron chi connectivity index (χ3n) is 4.98. The van der Waals surface area contributed by atoms with E-state index in [1.54, 1.807) is 7.05 Å². The minimum atomic E-state index is -0.486. The van der Waals surface area contributed by atoms with Crippen molar-refractivity contribution >= 4 is 29.9 Å². The summed E-state index contributed by atoms with van der Waals surface area (Å²) in [6, 6.07) is 12.0. The SMILES string of the molecule is CN=C(NC1CCOc2ccccc21)NC1CC1c1c(F)cccc1F.I. The van der Waals surface area contributed by atoms with Crippen LogP contribution in [0, 0.1) is 11.6 Å². The van der Waals surface area contributed by atoms with E-state index in [1.165, 1.54) is 18.2 Å². The number of guanidine groups is 1. The second kappa shape index (κ2) is 8.41. The van der Waals surface area contributed by atoms with Gasteiger partial charge in [-0.2, -0.15) is 0 Å². The number of ether oxygens (including phenoxy) is 1. The van der Waals surface area contributed by atoms with Gasteiger partial charge in [0.05, 0.1) is 12.6 Å². The second-order valence-corrected chi connectivity index (χ2v) is 6.67. The number of aliphatic imine (C=N–C) groups is 1. The van der Waals surface area contributed by atoms with Crippen LogP contribution in [-0.4, -0.2) is 25.7 Å². The van der Waals surface area contributed by atoms with Gasteiger partial charge in [-0.15, -0.1) is 24.0 Å². The average molecular weight is 485 g/mol. The van der Waals surface area contributed by atoms with Gasteiger partial charge in [0.1, 0.15) is 17.4 Å². The van der Waals surface area contributed by atoms with Crippen molar-refractivity contribution in [1.29, 1.82) is 0 Å². The fourth-order valence-corrected chi connectivity index (χ4v) is 3.54. The molecule has 3 atom stereocenters. The number of halogens is 3. The summed E-state index contributed by atoms with van der Waals surface area (Å²) >= 11 is 0. The molecule has 2 aromatic carbocycles. The third-order valence-corrected chi connectivity index (χ3v) is 4.98. The molecule has 0 saturated heterocycles. The summed E-state index contributed by atoms with van der Waals surface area (Å²) in [6.07, 6.45) is 1.51. The quantitative estimate of drug-likeness (QED) is 0.391. The van der Waals surface area contributed by atoms with Crippen LogP contribution >= 0.6 is 24.0 Å². The molecule has 4 nitrogen and oxygen atoms in total. The van der Waals surface area contributed by atoms with Crippen LogP contribution < -0.4 is 15.4 Å². The smallest absolute Gasteiger partial charge is 0.191 e. The number of benzene rings is 2. The molecule has 3 unspecified atom stereocenters. The van der Waals surface area contributed by atoms with Gasteiger partial charge in [0.15, 0.2) is 5.96 Å². The summed E-state index contributed by atoms with van der Waals surface area (Å²) < 4.78 is 33.6. The molecule has 2 aromatic rings. The first-order valence-electron chi connectivity index (χ1n) is 8.83. The fraction of sp³-hybridized carbons (Fsp3) is 0.350. The lowest BCUT2D eigenvalue weighted by molar-refractivity contribution is 0.261. The molecule has 0 bridgehead atoms. The minimum absolute atomic E-state index is 0. The van der Waals surface area contributed by atoms with Crippen molar-refractivity contribution in [3.63, 3.8) is 0 Å². The molecule has 0 aromatic heterocycles. The van der Waals surface area contributed by atoms with Crippen molar-refractivity contribution in [2.45, 2.75) is 30.8 Å². The first-order valence-corrected chi connectivity index (χ1v) is 8.83. The van der Waals surface area contributed by atoms with Crippen LogP contribution in [0.1, 0.15) is 35.9 Å². The summed E-state index contributed by atoms with van der Waals surface area (Å²) in [5.41, 5.74) is 1.26. The Morgan fingerprint density at radius 3 is 2.56 bits per heavy atom. The summed E-state index contributed by atoms with van der Waals surface area (Å²) in [4.78, 5) is 4.27. The maximum absolute atomic E-state index is 13.9. The van der Waals surface area contributed by atoms with Gasteiger partial charge in [0.25, 0.3) is 0 Å². The van der Waals surface area contributed by atoms with E-state index in [9.17, 15) is 8.78 Å². The largest absolute Gasteiger partial charge is 0.493 e. The average Bonchev–Trinajstić information content (AvgIpc) is 3.40. The lowest BCUT2D eigenvalue weighted by Crippen LogP contribution is -2.42. The highest BCUT2D eigenvalue weighted by atomic mass is 127. The number of para-hydroxylation sites is 1. The summed E-state index contributed by atoms with van der Waals surface area (Å²) in [5, 5.41) is 6.69. The molecule has 144 valence electrons. The standard InChI is InChI=1S/C20H21F2N3O.HI/c1-23-20(24-16-9-10-26-18-8-3-2-5-12(16)18)25-17-11-13(17)19-14(21)6-4-7-15(19)22;/h2-8,13,16-17H,9-11H2,1H3,(H2,23,24,25);1H. The van der Waals surface area contributed by atoms with Crippen LogP contribution in [-0.2, 0) is 0 Å². The van der Waals surface area contributed by atoms with E-state index in [2.05, 4.69) is 15.6 Å².